The van der Waals surface area contributed by atoms with Gasteiger partial charge in [-0.05, 0) is 55.5 Å². The second kappa shape index (κ2) is 8.58. The van der Waals surface area contributed by atoms with E-state index in [0.717, 1.165) is 5.39 Å². The first-order valence-electron chi connectivity index (χ1n) is 9.47. The Bertz CT molecular complexity index is 1280. The molecule has 0 bridgehead atoms. The predicted molar refractivity (Wildman–Crippen MR) is 114 cm³/mol. The number of carboxylic acids is 1. The monoisotopic (exact) mass is 418 g/mol. The van der Waals surface area contributed by atoms with E-state index in [1.165, 1.54) is 18.3 Å². The lowest BCUT2D eigenvalue weighted by Crippen LogP contribution is -2.16. The van der Waals surface area contributed by atoms with Crippen molar-refractivity contribution in [2.75, 3.05) is 6.61 Å². The molecular formula is C23H18N2O6. The van der Waals surface area contributed by atoms with Gasteiger partial charge >= 0.3 is 11.9 Å². The van der Waals surface area contributed by atoms with Gasteiger partial charge in [-0.2, -0.15) is 5.10 Å². The minimum absolute atomic E-state index is 0.117. The zero-order valence-electron chi connectivity index (χ0n) is 16.5. The van der Waals surface area contributed by atoms with Gasteiger partial charge in [0.05, 0.1) is 18.4 Å². The number of hydrazone groups is 1. The van der Waals surface area contributed by atoms with E-state index < -0.39 is 11.9 Å². The van der Waals surface area contributed by atoms with Crippen LogP contribution in [0.4, 0.5) is 0 Å². The lowest BCUT2D eigenvalue weighted by Gasteiger charge is -2.00. The number of nitrogens with zero attached hydrogens (tertiary/aromatic N) is 1. The van der Waals surface area contributed by atoms with Crippen LogP contribution in [0.25, 0.3) is 22.3 Å². The molecule has 0 saturated carbocycles. The highest BCUT2D eigenvalue weighted by molar-refractivity contribution is 5.96. The summed E-state index contributed by atoms with van der Waals surface area (Å²) in [7, 11) is 0. The molecule has 4 aromatic rings. The number of benzene rings is 2. The number of amides is 1. The average Bonchev–Trinajstić information content (AvgIpc) is 3.41. The van der Waals surface area contributed by atoms with Gasteiger partial charge in [0.15, 0.2) is 5.76 Å². The minimum atomic E-state index is -1.02. The number of aromatic carboxylic acids is 1. The van der Waals surface area contributed by atoms with E-state index in [-0.39, 0.29) is 11.3 Å². The number of hydrogen-bond acceptors (Lipinski definition) is 6. The number of carbonyl (C=O) groups excluding carboxylic acids is 1. The van der Waals surface area contributed by atoms with Crippen molar-refractivity contribution in [1.82, 2.24) is 5.43 Å². The van der Waals surface area contributed by atoms with Crippen LogP contribution in [-0.2, 0) is 0 Å². The molecule has 0 aliphatic heterocycles. The molecule has 2 aromatic heterocycles. The molecule has 2 aromatic carbocycles. The molecule has 0 aliphatic rings. The fraction of sp³-hybridized carbons (Fsp3) is 0.0870. The molecule has 0 fully saturated rings. The Morgan fingerprint density at radius 2 is 1.97 bits per heavy atom. The standard InChI is InChI=1S/C23H18N2O6/c1-2-29-17-6-8-20-16(11-17)12-21(31-20)22(26)25-24-13-18-7-9-19(30-18)14-4-3-5-15(10-14)23(27)28/h3-13H,2H2,1H3,(H,25,26)(H,27,28)/b24-13-. The first kappa shape index (κ1) is 20.0. The molecule has 8 nitrogen and oxygen atoms in total. The number of hydrogen-bond donors (Lipinski definition) is 2. The molecule has 2 heterocycles. The summed E-state index contributed by atoms with van der Waals surface area (Å²) in [5.41, 5.74) is 3.74. The Hall–Kier alpha value is -4.33. The molecule has 8 heteroatoms. The Morgan fingerprint density at radius 3 is 2.77 bits per heavy atom. The lowest BCUT2D eigenvalue weighted by molar-refractivity contribution is 0.0696. The number of nitrogens with one attached hydrogen (secondary N) is 1. The highest BCUT2D eigenvalue weighted by Gasteiger charge is 2.12. The number of carbonyl (C=O) groups is 2. The molecule has 0 radical (unpaired) electrons. The van der Waals surface area contributed by atoms with E-state index in [1.54, 1.807) is 48.5 Å². The average molecular weight is 418 g/mol. The van der Waals surface area contributed by atoms with Crippen LogP contribution in [0.5, 0.6) is 5.75 Å². The lowest BCUT2D eigenvalue weighted by atomic mass is 10.1. The molecular weight excluding hydrogens is 400 g/mol. The Labute approximate surface area is 176 Å². The minimum Gasteiger partial charge on any atom is -0.494 e. The van der Waals surface area contributed by atoms with Crippen molar-refractivity contribution in [1.29, 1.82) is 0 Å². The molecule has 1 amide bonds. The van der Waals surface area contributed by atoms with Gasteiger partial charge in [-0.15, -0.1) is 0 Å². The van der Waals surface area contributed by atoms with Crippen molar-refractivity contribution in [2.24, 2.45) is 5.10 Å². The summed E-state index contributed by atoms with van der Waals surface area (Å²) < 4.78 is 16.6. The first-order chi connectivity index (χ1) is 15.0. The summed E-state index contributed by atoms with van der Waals surface area (Å²) in [5.74, 6) is 0.166. The Balaban J connectivity index is 1.43. The smallest absolute Gasteiger partial charge is 0.335 e. The van der Waals surface area contributed by atoms with Crippen molar-refractivity contribution in [2.45, 2.75) is 6.92 Å². The van der Waals surface area contributed by atoms with Gasteiger partial charge in [0.25, 0.3) is 0 Å². The molecule has 0 aliphatic carbocycles. The predicted octanol–water partition coefficient (Wildman–Crippen LogP) is 4.55. The van der Waals surface area contributed by atoms with E-state index in [0.29, 0.717) is 35.0 Å². The summed E-state index contributed by atoms with van der Waals surface area (Å²) in [4.78, 5) is 23.4. The highest BCUT2D eigenvalue weighted by Crippen LogP contribution is 2.25. The van der Waals surface area contributed by atoms with Crippen molar-refractivity contribution in [3.63, 3.8) is 0 Å². The van der Waals surface area contributed by atoms with Crippen LogP contribution in [-0.4, -0.2) is 29.8 Å². The third kappa shape index (κ3) is 4.48. The van der Waals surface area contributed by atoms with Crippen LogP contribution in [0.15, 0.2) is 74.6 Å². The van der Waals surface area contributed by atoms with E-state index in [1.807, 2.05) is 6.92 Å². The van der Waals surface area contributed by atoms with Gasteiger partial charge in [-0.25, -0.2) is 10.2 Å². The Morgan fingerprint density at radius 1 is 1.10 bits per heavy atom. The number of ether oxygens (including phenoxy) is 1. The van der Waals surface area contributed by atoms with Gasteiger partial charge in [0, 0.05) is 10.9 Å². The van der Waals surface area contributed by atoms with Crippen LogP contribution in [0.1, 0.15) is 33.6 Å². The molecule has 2 N–H and O–H groups in total. The van der Waals surface area contributed by atoms with E-state index in [2.05, 4.69) is 10.5 Å². The molecule has 0 spiro atoms. The van der Waals surface area contributed by atoms with Crippen molar-refractivity contribution in [3.05, 3.63) is 77.7 Å². The zero-order chi connectivity index (χ0) is 21.8. The fourth-order valence-corrected chi connectivity index (χ4v) is 2.98. The van der Waals surface area contributed by atoms with Gasteiger partial charge in [-0.3, -0.25) is 4.79 Å². The quantitative estimate of drug-likeness (QED) is 0.336. The summed E-state index contributed by atoms with van der Waals surface area (Å²) in [6, 6.07) is 16.7. The molecule has 4 rings (SSSR count). The topological polar surface area (TPSA) is 114 Å². The zero-order valence-corrected chi connectivity index (χ0v) is 16.5. The molecule has 0 unspecified atom stereocenters. The van der Waals surface area contributed by atoms with E-state index in [4.69, 9.17) is 18.7 Å². The summed E-state index contributed by atoms with van der Waals surface area (Å²) >= 11 is 0. The number of fused-ring (bicyclic) bond motifs is 1. The van der Waals surface area contributed by atoms with Gasteiger partial charge in [0.1, 0.15) is 22.9 Å². The maximum absolute atomic E-state index is 12.3. The van der Waals surface area contributed by atoms with Gasteiger partial charge in [0.2, 0.25) is 0 Å². The van der Waals surface area contributed by atoms with E-state index >= 15 is 0 Å². The molecule has 31 heavy (non-hydrogen) atoms. The van der Waals surface area contributed by atoms with Crippen LogP contribution in [0.2, 0.25) is 0 Å². The van der Waals surface area contributed by atoms with Crippen molar-refractivity contribution in [3.8, 4) is 17.1 Å². The number of rotatable bonds is 7. The fourth-order valence-electron chi connectivity index (χ4n) is 2.98. The third-order valence-electron chi connectivity index (χ3n) is 4.40. The Kier molecular flexibility index (Phi) is 5.53. The second-order valence-corrected chi connectivity index (χ2v) is 6.53. The SMILES string of the molecule is CCOc1ccc2oc(C(=O)N/N=C\c3ccc(-c4cccc(C(=O)O)c4)o3)cc2c1. The number of carboxylic acid groups (broad SMARTS) is 1. The maximum Gasteiger partial charge on any atom is 0.335 e. The summed E-state index contributed by atoms with van der Waals surface area (Å²) in [6.45, 7) is 2.44. The molecule has 156 valence electrons. The van der Waals surface area contributed by atoms with Crippen LogP contribution < -0.4 is 10.2 Å². The van der Waals surface area contributed by atoms with Crippen molar-refractivity contribution < 1.29 is 28.3 Å². The highest BCUT2D eigenvalue weighted by atomic mass is 16.5. The van der Waals surface area contributed by atoms with Crippen LogP contribution in [0.3, 0.4) is 0 Å². The summed E-state index contributed by atoms with van der Waals surface area (Å²) in [5, 5.41) is 13.7. The van der Waals surface area contributed by atoms with Crippen molar-refractivity contribution >= 4 is 29.1 Å². The number of furan rings is 2. The first-order valence-corrected chi connectivity index (χ1v) is 9.47. The van der Waals surface area contributed by atoms with Gasteiger partial charge in [-0.1, -0.05) is 12.1 Å². The molecule has 0 atom stereocenters. The maximum atomic E-state index is 12.3. The summed E-state index contributed by atoms with van der Waals surface area (Å²) in [6.07, 6.45) is 1.35. The normalized spacial score (nSPS) is 11.1. The third-order valence-corrected chi connectivity index (χ3v) is 4.40. The van der Waals surface area contributed by atoms with Crippen LogP contribution >= 0.6 is 0 Å². The molecule has 0 saturated heterocycles. The van der Waals surface area contributed by atoms with Crippen LogP contribution in [0, 0.1) is 0 Å². The second-order valence-electron chi connectivity index (χ2n) is 6.53. The largest absolute Gasteiger partial charge is 0.494 e. The van der Waals surface area contributed by atoms with E-state index in [9.17, 15) is 9.59 Å². The van der Waals surface area contributed by atoms with Gasteiger partial charge < -0.3 is 18.7 Å².